The molecule has 218 valence electrons. The molecule has 4 aromatic carbocycles. The molecule has 6 rings (SSSR count). The molecule has 0 aromatic heterocycles. The van der Waals surface area contributed by atoms with Crippen LogP contribution in [-0.4, -0.2) is 34.6 Å². The summed E-state index contributed by atoms with van der Waals surface area (Å²) in [6, 6.07) is 13.9. The highest BCUT2D eigenvalue weighted by atomic mass is 16.5. The SMILES string of the molecule is COc1c2c(c(C)c(O)c1-c1c(O)c(C)c3c(c1OC)CCC(c1ccc(O)cc1)O3)OC(c1ccc(O)cc1)CC2. The van der Waals surface area contributed by atoms with Crippen molar-refractivity contribution >= 4 is 0 Å². The Balaban J connectivity index is 1.46. The first kappa shape index (κ1) is 27.4. The van der Waals surface area contributed by atoms with Crippen molar-refractivity contribution in [1.29, 1.82) is 0 Å². The van der Waals surface area contributed by atoms with Crippen molar-refractivity contribution in [2.75, 3.05) is 14.2 Å². The fraction of sp³-hybridized carbons (Fsp3) is 0.294. The first-order valence-electron chi connectivity index (χ1n) is 14.0. The van der Waals surface area contributed by atoms with Crippen molar-refractivity contribution in [2.24, 2.45) is 0 Å². The highest BCUT2D eigenvalue weighted by Gasteiger charge is 2.36. The van der Waals surface area contributed by atoms with Crippen LogP contribution in [0, 0.1) is 13.8 Å². The average molecular weight is 571 g/mol. The monoisotopic (exact) mass is 570 g/mol. The molecule has 0 bridgehead atoms. The number of rotatable bonds is 5. The molecular formula is C34H34O8. The van der Waals surface area contributed by atoms with E-state index in [0.717, 1.165) is 22.3 Å². The van der Waals surface area contributed by atoms with Crippen molar-refractivity contribution in [3.05, 3.63) is 81.9 Å². The second-order valence-corrected chi connectivity index (χ2v) is 10.9. The van der Waals surface area contributed by atoms with Gasteiger partial charge in [-0.15, -0.1) is 0 Å². The lowest BCUT2D eigenvalue weighted by Crippen LogP contribution is -2.18. The number of hydrogen-bond donors (Lipinski definition) is 4. The van der Waals surface area contributed by atoms with Gasteiger partial charge in [0.25, 0.3) is 0 Å². The van der Waals surface area contributed by atoms with Gasteiger partial charge >= 0.3 is 0 Å². The van der Waals surface area contributed by atoms with Crippen molar-refractivity contribution in [3.63, 3.8) is 0 Å². The fourth-order valence-corrected chi connectivity index (χ4v) is 6.25. The molecule has 0 aliphatic carbocycles. The lowest BCUT2D eigenvalue weighted by Gasteiger charge is -2.33. The van der Waals surface area contributed by atoms with Gasteiger partial charge in [-0.3, -0.25) is 0 Å². The predicted octanol–water partition coefficient (Wildman–Crippen LogP) is 6.94. The van der Waals surface area contributed by atoms with Gasteiger partial charge in [-0.2, -0.15) is 0 Å². The molecule has 4 aromatic rings. The van der Waals surface area contributed by atoms with Crippen LogP contribution in [0.25, 0.3) is 11.1 Å². The first-order valence-corrected chi connectivity index (χ1v) is 14.0. The van der Waals surface area contributed by atoms with E-state index in [2.05, 4.69) is 0 Å². The van der Waals surface area contributed by atoms with Crippen LogP contribution in [0.15, 0.2) is 48.5 Å². The summed E-state index contributed by atoms with van der Waals surface area (Å²) in [5.74, 6) is 2.17. The van der Waals surface area contributed by atoms with E-state index < -0.39 is 0 Å². The third-order valence-electron chi connectivity index (χ3n) is 8.44. The summed E-state index contributed by atoms with van der Waals surface area (Å²) >= 11 is 0. The first-order chi connectivity index (χ1) is 20.2. The molecule has 0 spiro atoms. The number of benzene rings is 4. The highest BCUT2D eigenvalue weighted by Crippen LogP contribution is 2.59. The molecule has 0 saturated carbocycles. The zero-order chi connectivity index (χ0) is 29.7. The number of phenolic OH excluding ortho intramolecular Hbond substituents is 4. The maximum atomic E-state index is 11.7. The fourth-order valence-electron chi connectivity index (χ4n) is 6.25. The number of methoxy groups -OCH3 is 2. The van der Waals surface area contributed by atoms with E-state index in [0.29, 0.717) is 70.9 Å². The van der Waals surface area contributed by atoms with Crippen LogP contribution < -0.4 is 18.9 Å². The van der Waals surface area contributed by atoms with E-state index in [9.17, 15) is 20.4 Å². The van der Waals surface area contributed by atoms with Crippen molar-refractivity contribution in [3.8, 4) is 57.1 Å². The molecule has 2 aliphatic heterocycles. The van der Waals surface area contributed by atoms with Gasteiger partial charge in [0.1, 0.15) is 58.2 Å². The van der Waals surface area contributed by atoms with Gasteiger partial charge in [-0.25, -0.2) is 0 Å². The third kappa shape index (κ3) is 4.38. The lowest BCUT2D eigenvalue weighted by molar-refractivity contribution is 0.171. The van der Waals surface area contributed by atoms with Crippen molar-refractivity contribution in [2.45, 2.75) is 51.7 Å². The Morgan fingerprint density at radius 2 is 0.952 bits per heavy atom. The third-order valence-corrected chi connectivity index (χ3v) is 8.44. The number of ether oxygens (including phenoxy) is 4. The molecule has 8 heteroatoms. The quantitative estimate of drug-likeness (QED) is 0.204. The molecule has 4 N–H and O–H groups in total. The molecular weight excluding hydrogens is 536 g/mol. The Morgan fingerprint density at radius 3 is 1.29 bits per heavy atom. The highest BCUT2D eigenvalue weighted by molar-refractivity contribution is 5.91. The molecule has 0 saturated heterocycles. The Hall–Kier alpha value is -4.72. The van der Waals surface area contributed by atoms with Gasteiger partial charge < -0.3 is 39.4 Å². The minimum atomic E-state index is -0.251. The maximum Gasteiger partial charge on any atom is 0.137 e. The molecule has 0 radical (unpaired) electrons. The predicted molar refractivity (Wildman–Crippen MR) is 157 cm³/mol. The van der Waals surface area contributed by atoms with Crippen LogP contribution in [0.4, 0.5) is 0 Å². The topological polar surface area (TPSA) is 118 Å². The summed E-state index contributed by atoms with van der Waals surface area (Å²) in [7, 11) is 3.08. The van der Waals surface area contributed by atoms with Gasteiger partial charge in [0, 0.05) is 22.3 Å². The van der Waals surface area contributed by atoms with Crippen molar-refractivity contribution in [1.82, 2.24) is 0 Å². The maximum absolute atomic E-state index is 11.7. The molecule has 2 atom stereocenters. The number of hydrogen-bond acceptors (Lipinski definition) is 8. The zero-order valence-electron chi connectivity index (χ0n) is 24.0. The second-order valence-electron chi connectivity index (χ2n) is 10.9. The van der Waals surface area contributed by atoms with Crippen molar-refractivity contribution < 1.29 is 39.4 Å². The minimum Gasteiger partial charge on any atom is -0.508 e. The Bertz CT molecular complexity index is 1530. The van der Waals surface area contributed by atoms with E-state index in [-0.39, 0.29) is 35.2 Å². The van der Waals surface area contributed by atoms with E-state index in [1.54, 1.807) is 52.3 Å². The molecule has 0 amide bonds. The molecule has 8 nitrogen and oxygen atoms in total. The molecule has 42 heavy (non-hydrogen) atoms. The van der Waals surface area contributed by atoms with E-state index in [1.807, 2.05) is 24.3 Å². The van der Waals surface area contributed by atoms with Crippen LogP contribution in [-0.2, 0) is 12.8 Å². The second kappa shape index (κ2) is 10.6. The number of phenols is 4. The van der Waals surface area contributed by atoms with Gasteiger partial charge in [0.05, 0.1) is 25.3 Å². The Morgan fingerprint density at radius 1 is 0.595 bits per heavy atom. The molecule has 0 fully saturated rings. The smallest absolute Gasteiger partial charge is 0.137 e. The van der Waals surface area contributed by atoms with E-state index in [4.69, 9.17) is 18.9 Å². The Labute approximate surface area is 244 Å². The minimum absolute atomic E-state index is 0.0661. The molecule has 2 aliphatic rings. The van der Waals surface area contributed by atoms with Gasteiger partial charge in [0.2, 0.25) is 0 Å². The normalized spacial score (nSPS) is 17.4. The van der Waals surface area contributed by atoms with Gasteiger partial charge in [0.15, 0.2) is 0 Å². The largest absolute Gasteiger partial charge is 0.508 e. The summed E-state index contributed by atoms with van der Waals surface area (Å²) in [5, 5.41) is 42.7. The summed E-state index contributed by atoms with van der Waals surface area (Å²) in [6.07, 6.45) is 2.05. The van der Waals surface area contributed by atoms with Gasteiger partial charge in [-0.05, 0) is 74.9 Å². The van der Waals surface area contributed by atoms with Crippen LogP contribution in [0.3, 0.4) is 0 Å². The lowest BCUT2D eigenvalue weighted by atomic mass is 9.86. The molecule has 2 heterocycles. The molecule has 2 unspecified atom stereocenters. The standard InChI is InChI=1S/C34H34O8/c1-17-29(37)27(33(39-3)23-13-15-25(41-31(17)23)19-5-9-21(35)10-6-19)28-30(38)18(2)32-24(34(28)40-4)14-16-26(42-32)20-7-11-22(36)12-8-20/h5-12,25-26,35-38H,13-16H2,1-4H3. The summed E-state index contributed by atoms with van der Waals surface area (Å²) in [4.78, 5) is 0. The van der Waals surface area contributed by atoms with Gasteiger partial charge in [-0.1, -0.05) is 24.3 Å². The average Bonchev–Trinajstić information content (AvgIpc) is 3.01. The number of fused-ring (bicyclic) bond motifs is 2. The summed E-state index contributed by atoms with van der Waals surface area (Å²) < 4.78 is 24.7. The summed E-state index contributed by atoms with van der Waals surface area (Å²) in [5.41, 5.74) is 5.22. The number of aromatic hydroxyl groups is 4. The van der Waals surface area contributed by atoms with Crippen LogP contribution in [0.1, 0.15) is 58.4 Å². The summed E-state index contributed by atoms with van der Waals surface area (Å²) in [6.45, 7) is 3.58. The Kier molecular flexibility index (Phi) is 6.93. The van der Waals surface area contributed by atoms with Crippen LogP contribution in [0.2, 0.25) is 0 Å². The van der Waals surface area contributed by atoms with Crippen LogP contribution in [0.5, 0.6) is 46.0 Å². The van der Waals surface area contributed by atoms with E-state index >= 15 is 0 Å². The van der Waals surface area contributed by atoms with E-state index in [1.165, 1.54) is 0 Å². The zero-order valence-corrected chi connectivity index (χ0v) is 24.0. The van der Waals surface area contributed by atoms with Crippen LogP contribution >= 0.6 is 0 Å².